The highest BCUT2D eigenvalue weighted by Crippen LogP contribution is 2.10. The maximum atomic E-state index is 3.58. The molecule has 0 aliphatic carbocycles. The molecule has 0 amide bonds. The molecular weight excluding hydrogens is 174 g/mol. The van der Waals surface area contributed by atoms with Gasteiger partial charge in [-0.25, -0.2) is 5.01 Å². The Balaban J connectivity index is 1.60. The Kier molecular flexibility index (Phi) is 4.22. The van der Waals surface area contributed by atoms with Crippen LogP contribution in [0, 0.1) is 5.92 Å². The predicted molar refractivity (Wildman–Crippen MR) is 59.0 cm³/mol. The third kappa shape index (κ3) is 3.23. The van der Waals surface area contributed by atoms with Crippen LogP contribution in [0.3, 0.4) is 0 Å². The van der Waals surface area contributed by atoms with Crippen molar-refractivity contribution in [1.29, 1.82) is 0 Å². The Morgan fingerprint density at radius 1 is 1.14 bits per heavy atom. The van der Waals surface area contributed by atoms with Gasteiger partial charge in [0.25, 0.3) is 0 Å². The van der Waals surface area contributed by atoms with Gasteiger partial charge < -0.3 is 5.32 Å². The maximum absolute atomic E-state index is 3.58. The molecule has 2 heterocycles. The van der Waals surface area contributed by atoms with E-state index in [0.29, 0.717) is 0 Å². The number of nitrogens with one attached hydrogen (secondary N) is 2. The Bertz CT molecular complexity index is 131. The van der Waals surface area contributed by atoms with Crippen molar-refractivity contribution in [2.45, 2.75) is 32.1 Å². The van der Waals surface area contributed by atoms with Crippen LogP contribution in [0.4, 0.5) is 0 Å². The molecule has 0 spiro atoms. The van der Waals surface area contributed by atoms with Gasteiger partial charge in [-0.3, -0.25) is 5.43 Å². The van der Waals surface area contributed by atoms with Crippen LogP contribution < -0.4 is 10.7 Å². The molecule has 14 heavy (non-hydrogen) atoms. The first-order valence-electron chi connectivity index (χ1n) is 6.14. The summed E-state index contributed by atoms with van der Waals surface area (Å²) in [7, 11) is 0. The van der Waals surface area contributed by atoms with Gasteiger partial charge >= 0.3 is 0 Å². The van der Waals surface area contributed by atoms with Crippen LogP contribution in [0.25, 0.3) is 0 Å². The summed E-state index contributed by atoms with van der Waals surface area (Å²) in [4.78, 5) is 0. The monoisotopic (exact) mass is 197 g/mol. The zero-order valence-corrected chi connectivity index (χ0v) is 9.10. The van der Waals surface area contributed by atoms with E-state index in [-0.39, 0.29) is 0 Å². The van der Waals surface area contributed by atoms with E-state index in [4.69, 9.17) is 0 Å². The van der Waals surface area contributed by atoms with Crippen molar-refractivity contribution in [2.75, 3.05) is 32.7 Å². The number of nitrogens with zero attached hydrogens (tertiary/aromatic N) is 1. The summed E-state index contributed by atoms with van der Waals surface area (Å²) < 4.78 is 0. The molecule has 2 saturated heterocycles. The Hall–Kier alpha value is -0.120. The third-order valence-corrected chi connectivity index (χ3v) is 3.36. The molecular formula is C11H23N3. The fourth-order valence-electron chi connectivity index (χ4n) is 2.41. The van der Waals surface area contributed by atoms with Crippen molar-refractivity contribution < 1.29 is 0 Å². The van der Waals surface area contributed by atoms with Gasteiger partial charge in [0.05, 0.1) is 0 Å². The second-order valence-corrected chi connectivity index (χ2v) is 4.62. The summed E-state index contributed by atoms with van der Waals surface area (Å²) in [6.07, 6.45) is 6.91. The van der Waals surface area contributed by atoms with Gasteiger partial charge in [0.15, 0.2) is 0 Å². The topological polar surface area (TPSA) is 27.3 Å². The summed E-state index contributed by atoms with van der Waals surface area (Å²) in [5.74, 6) is 0.852. The minimum atomic E-state index is 0.852. The van der Waals surface area contributed by atoms with Gasteiger partial charge in [-0.15, -0.1) is 0 Å². The molecule has 0 aromatic heterocycles. The molecule has 0 aromatic carbocycles. The lowest BCUT2D eigenvalue weighted by molar-refractivity contribution is 0.138. The summed E-state index contributed by atoms with van der Waals surface area (Å²) in [5.41, 5.74) is 3.58. The zero-order chi connectivity index (χ0) is 9.64. The van der Waals surface area contributed by atoms with E-state index in [1.807, 2.05) is 0 Å². The average molecular weight is 197 g/mol. The van der Waals surface area contributed by atoms with Crippen molar-refractivity contribution in [1.82, 2.24) is 15.8 Å². The molecule has 0 bridgehead atoms. The Labute approximate surface area is 87.2 Å². The van der Waals surface area contributed by atoms with Crippen molar-refractivity contribution in [3.05, 3.63) is 0 Å². The zero-order valence-electron chi connectivity index (χ0n) is 9.10. The highest BCUT2D eigenvalue weighted by atomic mass is 15.5. The summed E-state index contributed by atoms with van der Waals surface area (Å²) >= 11 is 0. The molecule has 2 fully saturated rings. The van der Waals surface area contributed by atoms with E-state index in [1.54, 1.807) is 0 Å². The van der Waals surface area contributed by atoms with Crippen LogP contribution in [-0.2, 0) is 0 Å². The van der Waals surface area contributed by atoms with Crippen LogP contribution >= 0.6 is 0 Å². The minimum absolute atomic E-state index is 0.852. The number of piperidine rings is 2. The Morgan fingerprint density at radius 3 is 2.71 bits per heavy atom. The largest absolute Gasteiger partial charge is 0.316 e. The molecule has 1 unspecified atom stereocenters. The lowest BCUT2D eigenvalue weighted by Gasteiger charge is -2.30. The number of hydrogen-bond acceptors (Lipinski definition) is 3. The second kappa shape index (κ2) is 5.69. The quantitative estimate of drug-likeness (QED) is 0.706. The Morgan fingerprint density at radius 2 is 2.00 bits per heavy atom. The maximum Gasteiger partial charge on any atom is 0.0143 e. The van der Waals surface area contributed by atoms with Gasteiger partial charge in [0, 0.05) is 19.6 Å². The second-order valence-electron chi connectivity index (χ2n) is 4.62. The number of rotatable bonds is 3. The molecule has 2 aliphatic heterocycles. The van der Waals surface area contributed by atoms with Crippen molar-refractivity contribution in [3.63, 3.8) is 0 Å². The number of hydrogen-bond donors (Lipinski definition) is 2. The molecule has 3 heteroatoms. The van der Waals surface area contributed by atoms with Crippen molar-refractivity contribution in [2.24, 2.45) is 5.92 Å². The smallest absolute Gasteiger partial charge is 0.0143 e. The van der Waals surface area contributed by atoms with Crippen LogP contribution in [0.2, 0.25) is 0 Å². The van der Waals surface area contributed by atoms with Gasteiger partial charge in [-0.1, -0.05) is 6.42 Å². The van der Waals surface area contributed by atoms with E-state index in [2.05, 4.69) is 15.8 Å². The molecule has 0 saturated carbocycles. The van der Waals surface area contributed by atoms with Crippen LogP contribution in [-0.4, -0.2) is 37.7 Å². The van der Waals surface area contributed by atoms with Gasteiger partial charge in [0.1, 0.15) is 0 Å². The molecule has 3 nitrogen and oxygen atoms in total. The van der Waals surface area contributed by atoms with Crippen LogP contribution in [0.5, 0.6) is 0 Å². The lowest BCUT2D eigenvalue weighted by atomic mass is 10.00. The third-order valence-electron chi connectivity index (χ3n) is 3.36. The standard InChI is InChI=1S/C11H23N3/c1-2-7-14(8-3-1)13-10-11-5-4-6-12-9-11/h11-13H,1-10H2. The molecule has 2 aliphatic rings. The summed E-state index contributed by atoms with van der Waals surface area (Å²) in [6, 6.07) is 0. The molecule has 1 atom stereocenters. The highest BCUT2D eigenvalue weighted by molar-refractivity contribution is 4.71. The van der Waals surface area contributed by atoms with E-state index < -0.39 is 0 Å². The van der Waals surface area contributed by atoms with Crippen LogP contribution in [0.1, 0.15) is 32.1 Å². The lowest BCUT2D eigenvalue weighted by Crippen LogP contribution is -2.46. The van der Waals surface area contributed by atoms with E-state index in [0.717, 1.165) is 5.92 Å². The van der Waals surface area contributed by atoms with E-state index >= 15 is 0 Å². The fourth-order valence-corrected chi connectivity index (χ4v) is 2.41. The van der Waals surface area contributed by atoms with E-state index in [9.17, 15) is 0 Å². The first-order chi connectivity index (χ1) is 6.95. The SMILES string of the molecule is C1CCN(NCC2CCCNC2)CC1. The predicted octanol–water partition coefficient (Wildman–Crippen LogP) is 0.976. The molecule has 82 valence electrons. The molecule has 2 rings (SSSR count). The summed E-state index contributed by atoms with van der Waals surface area (Å²) in [5, 5.41) is 5.88. The average Bonchev–Trinajstić information content (AvgIpc) is 2.29. The van der Waals surface area contributed by atoms with E-state index in [1.165, 1.54) is 64.8 Å². The van der Waals surface area contributed by atoms with Crippen LogP contribution in [0.15, 0.2) is 0 Å². The minimum Gasteiger partial charge on any atom is -0.316 e. The molecule has 0 radical (unpaired) electrons. The molecule has 2 N–H and O–H groups in total. The number of hydrazine groups is 1. The van der Waals surface area contributed by atoms with Gasteiger partial charge in [-0.2, -0.15) is 0 Å². The van der Waals surface area contributed by atoms with Crippen molar-refractivity contribution >= 4 is 0 Å². The summed E-state index contributed by atoms with van der Waals surface area (Å²) in [6.45, 7) is 6.11. The van der Waals surface area contributed by atoms with Gasteiger partial charge in [-0.05, 0) is 44.7 Å². The first-order valence-corrected chi connectivity index (χ1v) is 6.14. The fraction of sp³-hybridized carbons (Fsp3) is 1.00. The normalized spacial score (nSPS) is 30.4. The first kappa shape index (κ1) is 10.4. The van der Waals surface area contributed by atoms with Gasteiger partial charge in [0.2, 0.25) is 0 Å². The molecule has 0 aromatic rings. The highest BCUT2D eigenvalue weighted by Gasteiger charge is 2.15. The van der Waals surface area contributed by atoms with Crippen molar-refractivity contribution in [3.8, 4) is 0 Å².